The second-order valence-corrected chi connectivity index (χ2v) is 5.69. The van der Waals surface area contributed by atoms with Gasteiger partial charge in [0.05, 0.1) is 0 Å². The molecule has 0 radical (unpaired) electrons. The second-order valence-electron chi connectivity index (χ2n) is 5.69. The van der Waals surface area contributed by atoms with E-state index >= 15 is 0 Å². The van der Waals surface area contributed by atoms with Gasteiger partial charge in [-0.2, -0.15) is 0 Å². The lowest BCUT2D eigenvalue weighted by Gasteiger charge is -2.26. The number of amides is 1. The standard InChI is InChI=1S/C18H19NO4/c1-12(20)22-15-8-4-13(5-9-15)18(2,3)14-6-10-16(11-7-14)23-17(19)21/h4-11H,1-3H3,(H2,19,21). The summed E-state index contributed by atoms with van der Waals surface area (Å²) in [5, 5.41) is 0. The fourth-order valence-electron chi connectivity index (χ4n) is 2.33. The Morgan fingerprint density at radius 2 is 1.22 bits per heavy atom. The zero-order valence-electron chi connectivity index (χ0n) is 13.3. The zero-order chi connectivity index (χ0) is 17.0. The van der Waals surface area contributed by atoms with Crippen molar-refractivity contribution in [1.29, 1.82) is 0 Å². The molecule has 0 atom stereocenters. The molecular formula is C18H19NO4. The van der Waals surface area contributed by atoms with Crippen LogP contribution in [0, 0.1) is 0 Å². The van der Waals surface area contributed by atoms with Crippen molar-refractivity contribution in [2.75, 3.05) is 0 Å². The van der Waals surface area contributed by atoms with Gasteiger partial charge in [0.1, 0.15) is 11.5 Å². The predicted octanol–water partition coefficient (Wildman–Crippen LogP) is 3.40. The molecule has 0 spiro atoms. The number of primary amides is 1. The van der Waals surface area contributed by atoms with Gasteiger partial charge in [-0.25, -0.2) is 4.79 Å². The average molecular weight is 313 g/mol. The summed E-state index contributed by atoms with van der Waals surface area (Å²) in [4.78, 5) is 21.7. The predicted molar refractivity (Wildman–Crippen MR) is 86.5 cm³/mol. The molecule has 2 aromatic rings. The van der Waals surface area contributed by atoms with Crippen LogP contribution >= 0.6 is 0 Å². The SMILES string of the molecule is CC(=O)Oc1ccc(C(C)(C)c2ccc(OC(N)=O)cc2)cc1. The molecule has 5 nitrogen and oxygen atoms in total. The molecule has 0 aliphatic carbocycles. The van der Waals surface area contributed by atoms with E-state index in [2.05, 4.69) is 13.8 Å². The van der Waals surface area contributed by atoms with Gasteiger partial charge >= 0.3 is 12.1 Å². The normalized spacial score (nSPS) is 10.9. The Hall–Kier alpha value is -2.82. The van der Waals surface area contributed by atoms with E-state index in [1.54, 1.807) is 24.3 Å². The van der Waals surface area contributed by atoms with E-state index in [1.165, 1.54) is 6.92 Å². The van der Waals surface area contributed by atoms with Gasteiger partial charge in [0.15, 0.2) is 0 Å². The van der Waals surface area contributed by atoms with Crippen LogP contribution in [-0.2, 0) is 10.2 Å². The largest absolute Gasteiger partial charge is 0.427 e. The highest BCUT2D eigenvalue weighted by Crippen LogP contribution is 2.33. The molecular weight excluding hydrogens is 294 g/mol. The van der Waals surface area contributed by atoms with E-state index in [-0.39, 0.29) is 11.4 Å². The van der Waals surface area contributed by atoms with Crippen molar-refractivity contribution in [3.8, 4) is 11.5 Å². The number of carbonyl (C=O) groups excluding carboxylic acids is 2. The first-order chi connectivity index (χ1) is 10.8. The summed E-state index contributed by atoms with van der Waals surface area (Å²) in [6.07, 6.45) is -0.835. The Bertz CT molecular complexity index is 641. The summed E-state index contributed by atoms with van der Waals surface area (Å²) < 4.78 is 9.87. The van der Waals surface area contributed by atoms with Crippen LogP contribution in [0.3, 0.4) is 0 Å². The van der Waals surface area contributed by atoms with Gasteiger partial charge in [-0.05, 0) is 35.4 Å². The Balaban J connectivity index is 2.23. The summed E-state index contributed by atoms with van der Waals surface area (Å²) in [5.74, 6) is 0.576. The summed E-state index contributed by atoms with van der Waals surface area (Å²) in [6.45, 7) is 5.53. The monoisotopic (exact) mass is 313 g/mol. The smallest absolute Gasteiger partial charge is 0.409 e. The molecule has 0 fully saturated rings. The molecule has 0 unspecified atom stereocenters. The van der Waals surface area contributed by atoms with Gasteiger partial charge in [-0.15, -0.1) is 0 Å². The minimum Gasteiger partial charge on any atom is -0.427 e. The Morgan fingerprint density at radius 3 is 1.57 bits per heavy atom. The van der Waals surface area contributed by atoms with E-state index in [0.29, 0.717) is 11.5 Å². The molecule has 0 saturated heterocycles. The highest BCUT2D eigenvalue weighted by atomic mass is 16.5. The molecule has 0 aliphatic rings. The van der Waals surface area contributed by atoms with Crippen LogP contribution in [0.2, 0.25) is 0 Å². The molecule has 5 heteroatoms. The first-order valence-corrected chi connectivity index (χ1v) is 7.16. The fourth-order valence-corrected chi connectivity index (χ4v) is 2.33. The lowest BCUT2D eigenvalue weighted by molar-refractivity contribution is -0.131. The van der Waals surface area contributed by atoms with Crippen LogP contribution in [0.5, 0.6) is 11.5 Å². The fraction of sp³-hybridized carbons (Fsp3) is 0.222. The Kier molecular flexibility index (Phi) is 4.69. The zero-order valence-corrected chi connectivity index (χ0v) is 13.3. The molecule has 1 amide bonds. The molecule has 23 heavy (non-hydrogen) atoms. The first-order valence-electron chi connectivity index (χ1n) is 7.16. The number of ether oxygens (including phenoxy) is 2. The third-order valence-electron chi connectivity index (χ3n) is 3.63. The molecule has 0 saturated carbocycles. The van der Waals surface area contributed by atoms with E-state index in [1.807, 2.05) is 24.3 Å². The maximum Gasteiger partial charge on any atom is 0.409 e. The maximum absolute atomic E-state index is 11.0. The number of hydrogen-bond acceptors (Lipinski definition) is 4. The van der Waals surface area contributed by atoms with Gasteiger partial charge in [0, 0.05) is 12.3 Å². The lowest BCUT2D eigenvalue weighted by Crippen LogP contribution is -2.19. The van der Waals surface area contributed by atoms with E-state index in [4.69, 9.17) is 15.2 Å². The van der Waals surface area contributed by atoms with Gasteiger partial charge in [0.2, 0.25) is 0 Å². The molecule has 0 heterocycles. The van der Waals surface area contributed by atoms with Crippen LogP contribution in [0.15, 0.2) is 48.5 Å². The van der Waals surface area contributed by atoms with Crippen LogP contribution in [0.1, 0.15) is 31.9 Å². The molecule has 120 valence electrons. The van der Waals surface area contributed by atoms with Gasteiger partial charge in [0.25, 0.3) is 0 Å². The number of rotatable bonds is 4. The summed E-state index contributed by atoms with van der Waals surface area (Å²) >= 11 is 0. The van der Waals surface area contributed by atoms with Gasteiger partial charge < -0.3 is 15.2 Å². The number of esters is 1. The molecule has 0 bridgehead atoms. The van der Waals surface area contributed by atoms with Gasteiger partial charge in [-0.3, -0.25) is 4.79 Å². The quantitative estimate of drug-likeness (QED) is 0.693. The van der Waals surface area contributed by atoms with E-state index < -0.39 is 6.09 Å². The number of hydrogen-bond donors (Lipinski definition) is 1. The third kappa shape index (κ3) is 4.10. The lowest BCUT2D eigenvalue weighted by atomic mass is 9.78. The Labute approximate surface area is 135 Å². The number of nitrogens with two attached hydrogens (primary N) is 1. The van der Waals surface area contributed by atoms with Crippen LogP contribution in [-0.4, -0.2) is 12.1 Å². The topological polar surface area (TPSA) is 78.6 Å². The summed E-state index contributed by atoms with van der Waals surface area (Å²) in [6, 6.07) is 14.6. The number of benzene rings is 2. The van der Waals surface area contributed by atoms with Crippen molar-refractivity contribution in [3.05, 3.63) is 59.7 Å². The maximum atomic E-state index is 11.0. The van der Waals surface area contributed by atoms with Crippen LogP contribution < -0.4 is 15.2 Å². The minimum atomic E-state index is -0.835. The van der Waals surface area contributed by atoms with Gasteiger partial charge in [-0.1, -0.05) is 38.1 Å². The summed E-state index contributed by atoms with van der Waals surface area (Å²) in [7, 11) is 0. The van der Waals surface area contributed by atoms with E-state index in [9.17, 15) is 9.59 Å². The molecule has 2 N–H and O–H groups in total. The third-order valence-corrected chi connectivity index (χ3v) is 3.63. The molecule has 2 aromatic carbocycles. The molecule has 2 rings (SSSR count). The van der Waals surface area contributed by atoms with Crippen molar-refractivity contribution in [2.24, 2.45) is 5.73 Å². The van der Waals surface area contributed by atoms with Crippen LogP contribution in [0.4, 0.5) is 4.79 Å². The Morgan fingerprint density at radius 1 is 0.826 bits per heavy atom. The van der Waals surface area contributed by atoms with Crippen molar-refractivity contribution in [3.63, 3.8) is 0 Å². The highest BCUT2D eigenvalue weighted by Gasteiger charge is 2.23. The summed E-state index contributed by atoms with van der Waals surface area (Å²) in [5.41, 5.74) is 6.84. The van der Waals surface area contributed by atoms with Crippen molar-refractivity contribution >= 4 is 12.1 Å². The average Bonchev–Trinajstić information content (AvgIpc) is 2.47. The number of carbonyl (C=O) groups is 2. The highest BCUT2D eigenvalue weighted by molar-refractivity contribution is 5.69. The molecule has 0 aromatic heterocycles. The van der Waals surface area contributed by atoms with Crippen molar-refractivity contribution < 1.29 is 19.1 Å². The molecule has 0 aliphatic heterocycles. The second kappa shape index (κ2) is 6.52. The van der Waals surface area contributed by atoms with Crippen LogP contribution in [0.25, 0.3) is 0 Å². The first kappa shape index (κ1) is 16.5. The van der Waals surface area contributed by atoms with E-state index in [0.717, 1.165) is 11.1 Å². The minimum absolute atomic E-state index is 0.264. The van der Waals surface area contributed by atoms with Crippen molar-refractivity contribution in [1.82, 2.24) is 0 Å². The van der Waals surface area contributed by atoms with Crippen molar-refractivity contribution in [2.45, 2.75) is 26.2 Å².